The van der Waals surface area contributed by atoms with Crippen LogP contribution in [0.3, 0.4) is 0 Å². The molecule has 1 fully saturated rings. The van der Waals surface area contributed by atoms with Gasteiger partial charge in [-0.1, -0.05) is 103 Å². The lowest BCUT2D eigenvalue weighted by Gasteiger charge is -2.59. The molecular weight excluding hydrogens is 775 g/mol. The number of carbonyl (C=O) groups excluding carboxylic acids is 2. The Hall–Kier alpha value is -5.69. The molecular formula is C49H57N3O9. The molecule has 3 N–H and O–H groups in total. The largest absolute Gasteiger partial charge is 0.459 e. The van der Waals surface area contributed by atoms with Gasteiger partial charge in [-0.3, -0.25) is 4.90 Å². The van der Waals surface area contributed by atoms with Gasteiger partial charge in [0.2, 0.25) is 5.79 Å². The Morgan fingerprint density at radius 1 is 0.951 bits per heavy atom. The molecule has 3 aliphatic rings. The second-order valence-corrected chi connectivity index (χ2v) is 15.9. The highest BCUT2D eigenvalue weighted by molar-refractivity contribution is 6.03. The third-order valence-corrected chi connectivity index (χ3v) is 12.3. The SMILES string of the molecule is C=CCO[C@@]12Oc3ccc(OC(=O)NCc4ccccc4)cc3[C@H]3[C@H](CCCCO)[C@@H](CCCCO)C=C(C(=NOC)C[C@@H]1N(Cc1cccc4ccccc14)C(=O)OC)[C@H]32. The zero-order chi connectivity index (χ0) is 42.8. The summed E-state index contributed by atoms with van der Waals surface area (Å²) < 4.78 is 25.8. The van der Waals surface area contributed by atoms with Crippen molar-refractivity contribution in [3.63, 3.8) is 0 Å². The average Bonchev–Trinajstić information content (AvgIpc) is 3.28. The summed E-state index contributed by atoms with van der Waals surface area (Å²) in [6.07, 6.45) is 7.42. The second kappa shape index (κ2) is 20.2. The molecule has 0 radical (unpaired) electrons. The van der Waals surface area contributed by atoms with Crippen molar-refractivity contribution in [2.24, 2.45) is 22.9 Å². The monoisotopic (exact) mass is 831 g/mol. The van der Waals surface area contributed by atoms with E-state index in [9.17, 15) is 19.8 Å². The van der Waals surface area contributed by atoms with E-state index in [4.69, 9.17) is 23.8 Å². The van der Waals surface area contributed by atoms with Gasteiger partial charge in [0.1, 0.15) is 24.7 Å². The van der Waals surface area contributed by atoms with Gasteiger partial charge in [-0.05, 0) is 83.2 Å². The van der Waals surface area contributed by atoms with E-state index in [2.05, 4.69) is 23.1 Å². The molecule has 2 aliphatic carbocycles. The van der Waals surface area contributed by atoms with Crippen molar-refractivity contribution in [3.8, 4) is 11.5 Å². The van der Waals surface area contributed by atoms with E-state index >= 15 is 0 Å². The molecule has 0 saturated heterocycles. The molecule has 0 aromatic heterocycles. The van der Waals surface area contributed by atoms with Gasteiger partial charge in [-0.25, -0.2) is 9.59 Å². The number of methoxy groups -OCH3 is 1. The second-order valence-electron chi connectivity index (χ2n) is 15.9. The molecule has 1 saturated carbocycles. The molecule has 12 nitrogen and oxygen atoms in total. The van der Waals surface area contributed by atoms with Crippen LogP contribution in [0.2, 0.25) is 0 Å². The number of oxime groups is 1. The normalized spacial score (nSPS) is 23.2. The van der Waals surface area contributed by atoms with Gasteiger partial charge in [0, 0.05) is 37.7 Å². The molecule has 12 heteroatoms. The predicted octanol–water partition coefficient (Wildman–Crippen LogP) is 8.66. The van der Waals surface area contributed by atoms with E-state index < -0.39 is 29.9 Å². The minimum absolute atomic E-state index is 0.0114. The number of hydrogen-bond acceptors (Lipinski definition) is 10. The first-order valence-electron chi connectivity index (χ1n) is 21.3. The van der Waals surface area contributed by atoms with Crippen molar-refractivity contribution in [2.75, 3.05) is 34.0 Å². The Labute approximate surface area is 357 Å². The summed E-state index contributed by atoms with van der Waals surface area (Å²) in [4.78, 5) is 34.8. The number of rotatable bonds is 18. The maximum Gasteiger partial charge on any atom is 0.412 e. The van der Waals surface area contributed by atoms with Crippen molar-refractivity contribution >= 4 is 28.7 Å². The first kappa shape index (κ1) is 43.4. The lowest BCUT2D eigenvalue weighted by atomic mass is 9.55. The van der Waals surface area contributed by atoms with E-state index in [0.29, 0.717) is 36.6 Å². The summed E-state index contributed by atoms with van der Waals surface area (Å²) in [6.45, 7) is 4.76. The van der Waals surface area contributed by atoms with Gasteiger partial charge in [-0.15, -0.1) is 6.58 Å². The van der Waals surface area contributed by atoms with Gasteiger partial charge in [0.15, 0.2) is 0 Å². The van der Waals surface area contributed by atoms with Crippen LogP contribution in [0.1, 0.15) is 67.6 Å². The van der Waals surface area contributed by atoms with Crippen LogP contribution in [0, 0.1) is 17.8 Å². The Morgan fingerprint density at radius 3 is 2.46 bits per heavy atom. The van der Waals surface area contributed by atoms with E-state index in [-0.39, 0.29) is 50.5 Å². The first-order valence-corrected chi connectivity index (χ1v) is 21.3. The van der Waals surface area contributed by atoms with Gasteiger partial charge in [0.05, 0.1) is 31.9 Å². The van der Waals surface area contributed by atoms with E-state index in [1.807, 2.05) is 84.9 Å². The highest BCUT2D eigenvalue weighted by Crippen LogP contribution is 2.62. The minimum Gasteiger partial charge on any atom is -0.459 e. The number of nitrogens with zero attached hydrogens (tertiary/aromatic N) is 2. The topological polar surface area (TPSA) is 148 Å². The van der Waals surface area contributed by atoms with Crippen LogP contribution in [0.4, 0.5) is 9.59 Å². The molecule has 61 heavy (non-hydrogen) atoms. The Kier molecular flexibility index (Phi) is 14.4. The molecule has 322 valence electrons. The van der Waals surface area contributed by atoms with Crippen molar-refractivity contribution < 1.29 is 43.6 Å². The summed E-state index contributed by atoms with van der Waals surface area (Å²) in [7, 11) is 2.89. The fourth-order valence-electron chi connectivity index (χ4n) is 9.77. The number of allylic oxidation sites excluding steroid dienone is 1. The number of nitrogens with one attached hydrogen (secondary N) is 1. The average molecular weight is 832 g/mol. The van der Waals surface area contributed by atoms with Crippen molar-refractivity contribution in [3.05, 3.63) is 132 Å². The Morgan fingerprint density at radius 2 is 1.70 bits per heavy atom. The number of aliphatic hydroxyl groups is 2. The fraction of sp³-hybridized carbons (Fsp3) is 0.408. The smallest absolute Gasteiger partial charge is 0.412 e. The molecule has 4 aromatic carbocycles. The maximum atomic E-state index is 14.3. The predicted molar refractivity (Wildman–Crippen MR) is 233 cm³/mol. The van der Waals surface area contributed by atoms with Gasteiger partial charge < -0.3 is 39.3 Å². The third-order valence-electron chi connectivity index (χ3n) is 12.3. The van der Waals surface area contributed by atoms with E-state index in [1.165, 1.54) is 14.2 Å². The van der Waals surface area contributed by atoms with Gasteiger partial charge in [-0.2, -0.15) is 0 Å². The number of amides is 2. The van der Waals surface area contributed by atoms with Crippen molar-refractivity contribution in [2.45, 2.75) is 75.8 Å². The minimum atomic E-state index is -1.48. The van der Waals surface area contributed by atoms with Gasteiger partial charge >= 0.3 is 12.2 Å². The molecule has 0 bridgehead atoms. The molecule has 7 rings (SSSR count). The highest BCUT2D eigenvalue weighted by Gasteiger charge is 2.65. The van der Waals surface area contributed by atoms with Crippen LogP contribution in [-0.2, 0) is 27.4 Å². The number of unbranched alkanes of at least 4 members (excludes halogenated alkanes) is 2. The van der Waals surface area contributed by atoms with Crippen LogP contribution in [0.5, 0.6) is 11.5 Å². The Balaban J connectivity index is 1.39. The summed E-state index contributed by atoms with van der Waals surface area (Å²) in [5, 5.41) is 29.3. The van der Waals surface area contributed by atoms with Crippen LogP contribution in [0.25, 0.3) is 10.8 Å². The fourth-order valence-corrected chi connectivity index (χ4v) is 9.77. The molecule has 6 atom stereocenters. The third kappa shape index (κ3) is 9.31. The number of hydrogen-bond donors (Lipinski definition) is 3. The number of ether oxygens (including phenoxy) is 4. The number of benzene rings is 4. The van der Waals surface area contributed by atoms with Crippen LogP contribution >= 0.6 is 0 Å². The quantitative estimate of drug-likeness (QED) is 0.0509. The van der Waals surface area contributed by atoms with Crippen LogP contribution < -0.4 is 14.8 Å². The zero-order valence-corrected chi connectivity index (χ0v) is 35.0. The van der Waals surface area contributed by atoms with Crippen LogP contribution in [-0.4, -0.2) is 78.9 Å². The molecule has 0 unspecified atom stereocenters. The highest BCUT2D eigenvalue weighted by atomic mass is 16.7. The lowest BCUT2D eigenvalue weighted by Crippen LogP contribution is -2.70. The molecule has 2 amide bonds. The summed E-state index contributed by atoms with van der Waals surface area (Å²) in [6, 6.07) is 28.4. The standard InChI is InChI=1S/C49H57N3O9/c1-4-27-59-49-44(52(48(56)57-2)32-36-20-14-19-34-17-8-9-21-38(34)36)30-42(51-58-3)40-28-35(18-10-12-25-53)39(22-11-13-26-54)45(46(40)49)41-29-37(23-24-43(41)61-49)60-47(55)50-31-33-15-6-5-7-16-33/h4-9,14-17,19-21,23-24,28-29,35,39,44-46,53-54H,1,10-13,18,22,25-27,30-32H2,2-3H3,(H,50,55)/t35-,39+,44-,45+,46+,49+/m0/s1. The summed E-state index contributed by atoms with van der Waals surface area (Å²) in [5.41, 5.74) is 4.25. The maximum absolute atomic E-state index is 14.3. The number of aliphatic hydroxyl groups excluding tert-OH is 2. The zero-order valence-electron chi connectivity index (χ0n) is 35.0. The van der Waals surface area contributed by atoms with Crippen molar-refractivity contribution in [1.82, 2.24) is 10.2 Å². The first-order chi connectivity index (χ1) is 29.8. The van der Waals surface area contributed by atoms with Crippen LogP contribution in [0.15, 0.2) is 120 Å². The summed E-state index contributed by atoms with van der Waals surface area (Å²) in [5.74, 6) is -1.41. The van der Waals surface area contributed by atoms with Gasteiger partial charge in [0.25, 0.3) is 0 Å². The summed E-state index contributed by atoms with van der Waals surface area (Å²) >= 11 is 0. The molecule has 0 spiro atoms. The molecule has 4 aromatic rings. The molecule has 1 heterocycles. The van der Waals surface area contributed by atoms with Crippen molar-refractivity contribution in [1.29, 1.82) is 0 Å². The Bertz CT molecular complexity index is 2200. The number of fused-ring (bicyclic) bond motifs is 3. The number of carbonyl (C=O) groups is 2. The van der Waals surface area contributed by atoms with E-state index in [0.717, 1.165) is 58.7 Å². The lowest BCUT2D eigenvalue weighted by molar-refractivity contribution is -0.256. The molecule has 1 aliphatic heterocycles. The van der Waals surface area contributed by atoms with E-state index in [1.54, 1.807) is 17.0 Å².